The van der Waals surface area contributed by atoms with Gasteiger partial charge in [-0.05, 0) is 57.9 Å². The molecule has 5 nitrogen and oxygen atoms in total. The molecule has 0 aromatic carbocycles. The predicted molar refractivity (Wildman–Crippen MR) is 98.0 cm³/mol. The Hall–Kier alpha value is -0.810. The van der Waals surface area contributed by atoms with E-state index in [2.05, 4.69) is 29.4 Å². The molecule has 5 heteroatoms. The van der Waals surface area contributed by atoms with Crippen LogP contribution < -0.4 is 10.6 Å². The molecule has 0 aromatic rings. The average molecular weight is 340 g/mol. The zero-order valence-electron chi connectivity index (χ0n) is 16.0. The Bertz CT molecular complexity index is 409. The fourth-order valence-corrected chi connectivity index (χ4v) is 3.78. The van der Waals surface area contributed by atoms with Crippen molar-refractivity contribution in [1.29, 1.82) is 0 Å². The number of urea groups is 1. The summed E-state index contributed by atoms with van der Waals surface area (Å²) < 4.78 is 0. The van der Waals surface area contributed by atoms with Crippen LogP contribution in [0.1, 0.15) is 66.2 Å². The van der Waals surface area contributed by atoms with Gasteiger partial charge in [0.15, 0.2) is 0 Å². The highest BCUT2D eigenvalue weighted by molar-refractivity contribution is 5.74. The van der Waals surface area contributed by atoms with Crippen molar-refractivity contribution >= 4 is 6.03 Å². The second-order valence-electron chi connectivity index (χ2n) is 8.26. The monoisotopic (exact) mass is 339 g/mol. The highest BCUT2D eigenvalue weighted by Gasteiger charge is 2.32. The number of nitrogens with zero attached hydrogens (tertiary/aromatic N) is 1. The van der Waals surface area contributed by atoms with E-state index in [-0.39, 0.29) is 18.0 Å². The number of carbonyl (C=O) groups is 1. The van der Waals surface area contributed by atoms with Gasteiger partial charge in [0.05, 0.1) is 5.60 Å². The van der Waals surface area contributed by atoms with E-state index < -0.39 is 5.60 Å². The number of likely N-dealkylation sites (tertiary alicyclic amines) is 1. The molecule has 0 radical (unpaired) electrons. The minimum Gasteiger partial charge on any atom is -0.388 e. The number of piperidine rings is 1. The van der Waals surface area contributed by atoms with Crippen molar-refractivity contribution in [2.24, 2.45) is 11.8 Å². The van der Waals surface area contributed by atoms with Gasteiger partial charge in [0.2, 0.25) is 0 Å². The summed E-state index contributed by atoms with van der Waals surface area (Å²) in [6.45, 7) is 10.6. The second kappa shape index (κ2) is 8.52. The summed E-state index contributed by atoms with van der Waals surface area (Å²) in [7, 11) is 0. The molecule has 1 aliphatic heterocycles. The zero-order chi connectivity index (χ0) is 17.7. The van der Waals surface area contributed by atoms with Gasteiger partial charge >= 0.3 is 6.03 Å². The predicted octanol–water partition coefficient (Wildman–Crippen LogP) is 2.74. The summed E-state index contributed by atoms with van der Waals surface area (Å²) in [5, 5.41) is 16.3. The molecule has 4 unspecified atom stereocenters. The third-order valence-electron chi connectivity index (χ3n) is 6.43. The van der Waals surface area contributed by atoms with Crippen molar-refractivity contribution < 1.29 is 9.90 Å². The van der Waals surface area contributed by atoms with Crippen molar-refractivity contribution in [1.82, 2.24) is 15.5 Å². The molecule has 2 aliphatic rings. The van der Waals surface area contributed by atoms with Crippen LogP contribution in [-0.4, -0.2) is 53.4 Å². The van der Waals surface area contributed by atoms with Crippen LogP contribution in [0.15, 0.2) is 0 Å². The molecule has 24 heavy (non-hydrogen) atoms. The van der Waals surface area contributed by atoms with E-state index in [1.165, 1.54) is 38.6 Å². The second-order valence-corrected chi connectivity index (χ2v) is 8.26. The summed E-state index contributed by atoms with van der Waals surface area (Å²) in [5.41, 5.74) is -0.860. The van der Waals surface area contributed by atoms with Gasteiger partial charge < -0.3 is 20.6 Å². The Balaban J connectivity index is 1.74. The van der Waals surface area contributed by atoms with Crippen LogP contribution in [0.25, 0.3) is 0 Å². The Morgan fingerprint density at radius 3 is 2.58 bits per heavy atom. The number of rotatable bonds is 7. The lowest BCUT2D eigenvalue weighted by Crippen LogP contribution is -2.53. The molecule has 0 aromatic heterocycles. The first-order valence-corrected chi connectivity index (χ1v) is 9.84. The molecule has 2 rings (SSSR count). The Labute approximate surface area is 147 Å². The quantitative estimate of drug-likeness (QED) is 0.668. The minimum absolute atomic E-state index is 0.157. The standard InChI is InChI=1S/C19H37N3O2/c1-5-14(2)19(4,24)13-20-18(23)21-15(3)16-8-7-11-22(12-16)17-9-6-10-17/h14-17,24H,5-13H2,1-4H3,(H2,20,21,23). The molecule has 0 spiro atoms. The molecule has 1 aliphatic carbocycles. The molecule has 0 bridgehead atoms. The fourth-order valence-electron chi connectivity index (χ4n) is 3.78. The van der Waals surface area contributed by atoms with Gasteiger partial charge in [-0.25, -0.2) is 4.79 Å². The van der Waals surface area contributed by atoms with Crippen LogP contribution in [0, 0.1) is 11.8 Å². The Morgan fingerprint density at radius 2 is 2.00 bits per heavy atom. The van der Waals surface area contributed by atoms with E-state index in [0.717, 1.165) is 19.0 Å². The maximum absolute atomic E-state index is 12.2. The van der Waals surface area contributed by atoms with E-state index in [1.54, 1.807) is 6.92 Å². The molecular formula is C19H37N3O2. The first kappa shape index (κ1) is 19.5. The highest BCUT2D eigenvalue weighted by Crippen LogP contribution is 2.30. The highest BCUT2D eigenvalue weighted by atomic mass is 16.3. The minimum atomic E-state index is -0.860. The number of hydrogen-bond acceptors (Lipinski definition) is 3. The van der Waals surface area contributed by atoms with Gasteiger partial charge in [-0.1, -0.05) is 26.7 Å². The van der Waals surface area contributed by atoms with Crippen molar-refractivity contribution in [3.8, 4) is 0 Å². The van der Waals surface area contributed by atoms with Crippen LogP contribution >= 0.6 is 0 Å². The summed E-state index contributed by atoms with van der Waals surface area (Å²) in [6.07, 6.45) is 7.39. The molecule has 1 saturated carbocycles. The molecular weight excluding hydrogens is 302 g/mol. The van der Waals surface area contributed by atoms with E-state index in [0.29, 0.717) is 12.5 Å². The Morgan fingerprint density at radius 1 is 1.29 bits per heavy atom. The van der Waals surface area contributed by atoms with E-state index in [9.17, 15) is 9.90 Å². The van der Waals surface area contributed by atoms with Crippen LogP contribution in [0.4, 0.5) is 4.79 Å². The van der Waals surface area contributed by atoms with Gasteiger partial charge in [0.25, 0.3) is 0 Å². The topological polar surface area (TPSA) is 64.6 Å². The van der Waals surface area contributed by atoms with E-state index in [1.807, 2.05) is 6.92 Å². The summed E-state index contributed by atoms with van der Waals surface area (Å²) in [6, 6.07) is 0.799. The van der Waals surface area contributed by atoms with Crippen LogP contribution in [0.2, 0.25) is 0 Å². The van der Waals surface area contributed by atoms with Gasteiger partial charge in [-0.2, -0.15) is 0 Å². The number of nitrogens with one attached hydrogen (secondary N) is 2. The average Bonchev–Trinajstić information content (AvgIpc) is 2.51. The molecule has 4 atom stereocenters. The zero-order valence-corrected chi connectivity index (χ0v) is 16.0. The maximum Gasteiger partial charge on any atom is 0.315 e. The third kappa shape index (κ3) is 5.09. The van der Waals surface area contributed by atoms with E-state index >= 15 is 0 Å². The lowest BCUT2D eigenvalue weighted by molar-refractivity contribution is 0.00768. The van der Waals surface area contributed by atoms with Crippen LogP contribution in [0.3, 0.4) is 0 Å². The first-order chi connectivity index (χ1) is 11.3. The van der Waals surface area contributed by atoms with Crippen molar-refractivity contribution in [3.63, 3.8) is 0 Å². The number of amides is 2. The normalized spacial score (nSPS) is 27.6. The molecule has 3 N–H and O–H groups in total. The lowest BCUT2D eigenvalue weighted by atomic mass is 9.85. The number of carbonyl (C=O) groups excluding carboxylic acids is 1. The fraction of sp³-hybridized carbons (Fsp3) is 0.947. The largest absolute Gasteiger partial charge is 0.388 e. The summed E-state index contributed by atoms with van der Waals surface area (Å²) >= 11 is 0. The number of aliphatic hydroxyl groups is 1. The van der Waals surface area contributed by atoms with Gasteiger partial charge in [0, 0.05) is 25.2 Å². The third-order valence-corrected chi connectivity index (χ3v) is 6.43. The molecule has 140 valence electrons. The van der Waals surface area contributed by atoms with Crippen molar-refractivity contribution in [3.05, 3.63) is 0 Å². The maximum atomic E-state index is 12.2. The molecule has 2 amide bonds. The molecule has 2 fully saturated rings. The van der Waals surface area contributed by atoms with Gasteiger partial charge in [0.1, 0.15) is 0 Å². The smallest absolute Gasteiger partial charge is 0.315 e. The Kier molecular flexibility index (Phi) is 6.93. The SMILES string of the molecule is CCC(C)C(C)(O)CNC(=O)NC(C)C1CCCN(C2CCC2)C1. The van der Waals surface area contributed by atoms with Gasteiger partial charge in [-0.3, -0.25) is 0 Å². The van der Waals surface area contributed by atoms with Crippen LogP contribution in [0.5, 0.6) is 0 Å². The lowest BCUT2D eigenvalue weighted by Gasteiger charge is -2.43. The van der Waals surface area contributed by atoms with Crippen LogP contribution in [-0.2, 0) is 0 Å². The van der Waals surface area contributed by atoms with Crippen molar-refractivity contribution in [2.75, 3.05) is 19.6 Å². The summed E-state index contributed by atoms with van der Waals surface area (Å²) in [5.74, 6) is 0.685. The summed E-state index contributed by atoms with van der Waals surface area (Å²) in [4.78, 5) is 14.8. The van der Waals surface area contributed by atoms with Gasteiger partial charge in [-0.15, -0.1) is 0 Å². The molecule has 1 saturated heterocycles. The van der Waals surface area contributed by atoms with E-state index in [4.69, 9.17) is 0 Å². The molecule has 1 heterocycles. The van der Waals surface area contributed by atoms with Crippen molar-refractivity contribution in [2.45, 2.75) is 83.9 Å². The first-order valence-electron chi connectivity index (χ1n) is 9.84. The number of hydrogen-bond donors (Lipinski definition) is 3.